The van der Waals surface area contributed by atoms with E-state index < -0.39 is 28.6 Å². The zero-order valence-corrected chi connectivity index (χ0v) is 9.31. The summed E-state index contributed by atoms with van der Waals surface area (Å²) in [6.07, 6.45) is 1.73. The van der Waals surface area contributed by atoms with Gasteiger partial charge in [0.2, 0.25) is 0 Å². The fourth-order valence-electron chi connectivity index (χ4n) is 1.42. The van der Waals surface area contributed by atoms with E-state index in [1.54, 1.807) is 6.08 Å². The first-order chi connectivity index (χ1) is 7.25. The molecule has 1 rings (SSSR count). The van der Waals surface area contributed by atoms with E-state index in [2.05, 4.69) is 0 Å². The zero-order valence-electron chi connectivity index (χ0n) is 8.49. The van der Waals surface area contributed by atoms with Crippen molar-refractivity contribution in [2.24, 2.45) is 5.92 Å². The third-order valence-corrected chi connectivity index (χ3v) is 3.76. The van der Waals surface area contributed by atoms with Crippen LogP contribution >= 0.6 is 11.8 Å². The molecule has 1 N–H and O–H groups in total. The van der Waals surface area contributed by atoms with Gasteiger partial charge in [-0.1, -0.05) is 24.3 Å². The Morgan fingerprint density at radius 2 is 2.12 bits per heavy atom. The van der Waals surface area contributed by atoms with Gasteiger partial charge in [0.25, 0.3) is 0 Å². The maximum atomic E-state index is 12.1. The van der Waals surface area contributed by atoms with Crippen molar-refractivity contribution < 1.29 is 23.1 Å². The van der Waals surface area contributed by atoms with Crippen molar-refractivity contribution in [3.63, 3.8) is 0 Å². The minimum absolute atomic E-state index is 0.599. The Bertz CT molecular complexity index is 335. The van der Waals surface area contributed by atoms with Crippen molar-refractivity contribution in [1.82, 2.24) is 0 Å². The van der Waals surface area contributed by atoms with Crippen LogP contribution in [0.3, 0.4) is 0 Å². The highest BCUT2D eigenvalue weighted by Crippen LogP contribution is 2.40. The number of halogens is 3. The first-order valence-electron chi connectivity index (χ1n) is 4.54. The van der Waals surface area contributed by atoms with Crippen LogP contribution in [0, 0.1) is 5.92 Å². The van der Waals surface area contributed by atoms with Gasteiger partial charge >= 0.3 is 12.1 Å². The van der Waals surface area contributed by atoms with Gasteiger partial charge in [0.15, 0.2) is 0 Å². The second kappa shape index (κ2) is 4.53. The van der Waals surface area contributed by atoms with Crippen LogP contribution in [-0.4, -0.2) is 27.8 Å². The number of aliphatic carboxylic acids is 1. The molecule has 90 valence electrons. The second-order valence-corrected chi connectivity index (χ2v) is 5.10. The zero-order chi connectivity index (χ0) is 12.4. The van der Waals surface area contributed by atoms with E-state index in [1.807, 2.05) is 0 Å². The minimum atomic E-state index is -4.29. The van der Waals surface area contributed by atoms with Crippen molar-refractivity contribution in [2.75, 3.05) is 5.75 Å². The maximum Gasteiger partial charge on any atom is 0.397 e. The molecule has 2 nitrogen and oxygen atoms in total. The van der Waals surface area contributed by atoms with E-state index >= 15 is 0 Å². The van der Waals surface area contributed by atoms with Gasteiger partial charge in [-0.25, -0.2) is 0 Å². The Morgan fingerprint density at radius 1 is 1.50 bits per heavy atom. The molecule has 0 fully saturated rings. The molecule has 0 aromatic rings. The number of carboxylic acid groups (broad SMARTS) is 1. The average molecular weight is 252 g/mol. The van der Waals surface area contributed by atoms with E-state index in [0.717, 1.165) is 0 Å². The number of hydrogen-bond acceptors (Lipinski definition) is 2. The van der Waals surface area contributed by atoms with E-state index in [4.69, 9.17) is 5.11 Å². The third-order valence-electron chi connectivity index (χ3n) is 2.27. The second-order valence-electron chi connectivity index (χ2n) is 3.65. The van der Waals surface area contributed by atoms with Crippen molar-refractivity contribution in [3.8, 4) is 0 Å². The summed E-state index contributed by atoms with van der Waals surface area (Å²) in [7, 11) is 0. The molecule has 0 aliphatic heterocycles. The van der Waals surface area contributed by atoms with Gasteiger partial charge in [-0.2, -0.15) is 13.2 Å². The summed E-state index contributed by atoms with van der Waals surface area (Å²) >= 11 is 0.599. The average Bonchev–Trinajstić information content (AvgIpc) is 2.14. The topological polar surface area (TPSA) is 37.3 Å². The number of alkyl halides is 3. The van der Waals surface area contributed by atoms with Crippen molar-refractivity contribution in [2.45, 2.75) is 17.8 Å². The highest BCUT2D eigenvalue weighted by Gasteiger charge is 2.40. The molecule has 2 unspecified atom stereocenters. The number of carbonyl (C=O) groups is 1. The van der Waals surface area contributed by atoms with E-state index in [-0.39, 0.29) is 0 Å². The monoisotopic (exact) mass is 252 g/mol. The molecule has 0 bridgehead atoms. The minimum Gasteiger partial charge on any atom is -0.481 e. The van der Waals surface area contributed by atoms with E-state index in [0.29, 0.717) is 11.8 Å². The summed E-state index contributed by atoms with van der Waals surface area (Å²) in [4.78, 5) is 10.9. The first kappa shape index (κ1) is 13.2. The van der Waals surface area contributed by atoms with Gasteiger partial charge in [0.05, 0.1) is 11.7 Å². The standard InChI is InChI=1S/C10H11F3O2S/c1-9(16-6-10(11,12)13)5-3-2-4-7(9)8(14)15/h2-5,7H,6H2,1H3,(H,14,15). The van der Waals surface area contributed by atoms with Crippen molar-refractivity contribution in [3.05, 3.63) is 24.3 Å². The molecule has 1 aliphatic rings. The molecule has 0 aromatic carbocycles. The van der Waals surface area contributed by atoms with Gasteiger partial charge < -0.3 is 5.11 Å². The molecule has 0 spiro atoms. The van der Waals surface area contributed by atoms with E-state index in [1.165, 1.54) is 25.2 Å². The summed E-state index contributed by atoms with van der Waals surface area (Å²) in [6, 6.07) is 0. The SMILES string of the molecule is CC1(SCC(F)(F)F)C=CC=CC1C(=O)O. The van der Waals surface area contributed by atoms with Crippen LogP contribution in [0.4, 0.5) is 13.2 Å². The van der Waals surface area contributed by atoms with Gasteiger partial charge in [-0.3, -0.25) is 4.79 Å². The summed E-state index contributed by atoms with van der Waals surface area (Å²) in [5.74, 6) is -3.09. The molecule has 16 heavy (non-hydrogen) atoms. The molecule has 6 heteroatoms. The van der Waals surface area contributed by atoms with Crippen LogP contribution in [0.5, 0.6) is 0 Å². The molecule has 2 atom stereocenters. The number of thioether (sulfide) groups is 1. The lowest BCUT2D eigenvalue weighted by molar-refractivity contribution is -0.140. The lowest BCUT2D eigenvalue weighted by atomic mass is 9.89. The Balaban J connectivity index is 2.77. The Morgan fingerprint density at radius 3 is 2.62 bits per heavy atom. The molecule has 0 saturated carbocycles. The van der Waals surface area contributed by atoms with Crippen LogP contribution < -0.4 is 0 Å². The van der Waals surface area contributed by atoms with Gasteiger partial charge in [0, 0.05) is 4.75 Å². The first-order valence-corrected chi connectivity index (χ1v) is 5.53. The van der Waals surface area contributed by atoms with Gasteiger partial charge in [0.1, 0.15) is 0 Å². The van der Waals surface area contributed by atoms with Crippen LogP contribution in [0.25, 0.3) is 0 Å². The van der Waals surface area contributed by atoms with Crippen LogP contribution in [-0.2, 0) is 4.79 Å². The predicted molar refractivity (Wildman–Crippen MR) is 56.3 cm³/mol. The summed E-state index contributed by atoms with van der Waals surface area (Å²) < 4.78 is 35.2. The summed E-state index contributed by atoms with van der Waals surface area (Å²) in [5, 5.41) is 8.92. The van der Waals surface area contributed by atoms with Gasteiger partial charge in [-0.15, -0.1) is 11.8 Å². The largest absolute Gasteiger partial charge is 0.481 e. The van der Waals surface area contributed by atoms with Crippen LogP contribution in [0.1, 0.15) is 6.92 Å². The number of hydrogen-bond donors (Lipinski definition) is 1. The van der Waals surface area contributed by atoms with Crippen molar-refractivity contribution in [1.29, 1.82) is 0 Å². The number of allylic oxidation sites excluding steroid dienone is 2. The lowest BCUT2D eigenvalue weighted by Gasteiger charge is -2.32. The quantitative estimate of drug-likeness (QED) is 0.839. The number of rotatable bonds is 3. The molecule has 0 aromatic heterocycles. The van der Waals surface area contributed by atoms with Crippen molar-refractivity contribution >= 4 is 17.7 Å². The summed E-state index contributed by atoms with van der Waals surface area (Å²) in [6.45, 7) is 1.50. The molecule has 0 saturated heterocycles. The molecule has 0 radical (unpaired) electrons. The third kappa shape index (κ3) is 3.30. The maximum absolute atomic E-state index is 12.1. The molecule has 0 heterocycles. The smallest absolute Gasteiger partial charge is 0.397 e. The molecule has 0 amide bonds. The Kier molecular flexibility index (Phi) is 3.72. The normalized spacial score (nSPS) is 29.4. The Hall–Kier alpha value is -0.910. The highest BCUT2D eigenvalue weighted by atomic mass is 32.2. The fourth-order valence-corrected chi connectivity index (χ4v) is 2.43. The summed E-state index contributed by atoms with van der Waals surface area (Å²) in [5.41, 5.74) is 0. The fraction of sp³-hybridized carbons (Fsp3) is 0.500. The highest BCUT2D eigenvalue weighted by molar-refractivity contribution is 8.00. The molecular weight excluding hydrogens is 241 g/mol. The molecule has 1 aliphatic carbocycles. The Labute approximate surface area is 95.2 Å². The van der Waals surface area contributed by atoms with Crippen LogP contribution in [0.2, 0.25) is 0 Å². The predicted octanol–water partition coefficient (Wildman–Crippen LogP) is 2.87. The van der Waals surface area contributed by atoms with Crippen LogP contribution in [0.15, 0.2) is 24.3 Å². The number of carboxylic acids is 1. The van der Waals surface area contributed by atoms with Gasteiger partial charge in [-0.05, 0) is 6.92 Å². The van der Waals surface area contributed by atoms with E-state index in [9.17, 15) is 18.0 Å². The lowest BCUT2D eigenvalue weighted by Crippen LogP contribution is -2.36. The molecular formula is C10H11F3O2S.